The maximum Gasteiger partial charge on any atom is 0.321 e. The normalized spacial score (nSPS) is 22.9. The average Bonchev–Trinajstić information content (AvgIpc) is 2.54. The minimum atomic E-state index is -1.01. The molecule has 2 N–H and O–H groups in total. The number of hydrogen-bond donors (Lipinski definition) is 2. The van der Waals surface area contributed by atoms with Crippen LogP contribution in [0.15, 0.2) is 29.2 Å². The lowest BCUT2D eigenvalue weighted by Crippen LogP contribution is -2.42. The third-order valence-corrected chi connectivity index (χ3v) is 5.32. The van der Waals surface area contributed by atoms with E-state index in [0.717, 1.165) is 30.6 Å². The molecule has 1 fully saturated rings. The Morgan fingerprint density at radius 2 is 1.86 bits per heavy atom. The number of hydrogen-bond acceptors (Lipinski definition) is 3. The summed E-state index contributed by atoms with van der Waals surface area (Å²) in [6.07, 6.45) is 5.43. The maximum atomic E-state index is 12.3. The van der Waals surface area contributed by atoms with Crippen LogP contribution in [0.25, 0.3) is 0 Å². The van der Waals surface area contributed by atoms with Gasteiger partial charge in [0.2, 0.25) is 0 Å². The molecule has 0 bridgehead atoms. The van der Waals surface area contributed by atoms with E-state index in [0.29, 0.717) is 11.6 Å². The number of rotatable bonds is 4. The van der Waals surface area contributed by atoms with Gasteiger partial charge in [0.05, 0.1) is 0 Å². The summed E-state index contributed by atoms with van der Waals surface area (Å²) in [4.78, 5) is 14.8. The zero-order valence-corrected chi connectivity index (χ0v) is 13.9. The Balaban J connectivity index is 1.90. The molecule has 0 spiro atoms. The fourth-order valence-corrected chi connectivity index (χ4v) is 3.34. The molecule has 2 amide bonds. The molecule has 1 aromatic carbocycles. The van der Waals surface area contributed by atoms with Gasteiger partial charge in [-0.15, -0.1) is 0 Å². The van der Waals surface area contributed by atoms with Gasteiger partial charge in [0, 0.05) is 47.3 Å². The first-order chi connectivity index (χ1) is 10.5. The van der Waals surface area contributed by atoms with Crippen LogP contribution in [0.4, 0.5) is 10.5 Å². The van der Waals surface area contributed by atoms with Gasteiger partial charge >= 0.3 is 6.03 Å². The molecular formula is C16H24N2O3S. The van der Waals surface area contributed by atoms with E-state index in [4.69, 9.17) is 5.11 Å². The molecule has 1 aliphatic carbocycles. The maximum absolute atomic E-state index is 12.3. The SMILES string of the molecule is CN(C(=O)Nc1ccc(S(C)=O)cc1)C1CCC(CO)CC1. The molecule has 1 aliphatic rings. The van der Waals surface area contributed by atoms with E-state index in [1.165, 1.54) is 0 Å². The van der Waals surface area contributed by atoms with Gasteiger partial charge in [-0.25, -0.2) is 4.79 Å². The predicted molar refractivity (Wildman–Crippen MR) is 88.4 cm³/mol. The molecule has 122 valence electrons. The molecule has 1 saturated carbocycles. The Hall–Kier alpha value is -1.40. The molecule has 0 aliphatic heterocycles. The van der Waals surface area contributed by atoms with Crippen LogP contribution >= 0.6 is 0 Å². The molecule has 0 saturated heterocycles. The standard InChI is InChI=1S/C16H24N2O3S/c1-18(14-7-3-12(11-19)4-8-14)16(20)17-13-5-9-15(10-6-13)22(2)21/h5-6,9-10,12,14,19H,3-4,7-8,11H2,1-2H3,(H,17,20). The van der Waals surface area contributed by atoms with E-state index in [9.17, 15) is 9.00 Å². The molecule has 5 nitrogen and oxygen atoms in total. The van der Waals surface area contributed by atoms with Crippen LogP contribution < -0.4 is 5.32 Å². The van der Waals surface area contributed by atoms with Crippen LogP contribution in [-0.4, -0.2) is 46.2 Å². The predicted octanol–water partition coefficient (Wildman–Crippen LogP) is 2.44. The molecule has 6 heteroatoms. The number of carbonyl (C=O) groups is 1. The summed E-state index contributed by atoms with van der Waals surface area (Å²) in [5.74, 6) is 0.384. The Labute approximate surface area is 134 Å². The van der Waals surface area contributed by atoms with Crippen molar-refractivity contribution in [3.8, 4) is 0 Å². The van der Waals surface area contributed by atoms with Gasteiger partial charge in [-0.3, -0.25) is 4.21 Å². The van der Waals surface area contributed by atoms with Gasteiger partial charge in [0.15, 0.2) is 0 Å². The van der Waals surface area contributed by atoms with Crippen LogP contribution in [0.2, 0.25) is 0 Å². The molecule has 2 rings (SSSR count). The number of urea groups is 1. The Bertz CT molecular complexity index is 525. The van der Waals surface area contributed by atoms with Gasteiger partial charge < -0.3 is 15.3 Å². The molecule has 0 radical (unpaired) electrons. The number of aliphatic hydroxyl groups excluding tert-OH is 1. The van der Waals surface area contributed by atoms with Crippen molar-refractivity contribution in [1.82, 2.24) is 4.90 Å². The van der Waals surface area contributed by atoms with Crippen LogP contribution in [0.3, 0.4) is 0 Å². The smallest absolute Gasteiger partial charge is 0.321 e. The minimum Gasteiger partial charge on any atom is -0.396 e. The Morgan fingerprint density at radius 3 is 2.36 bits per heavy atom. The summed E-state index contributed by atoms with van der Waals surface area (Å²) in [6.45, 7) is 0.244. The highest BCUT2D eigenvalue weighted by Crippen LogP contribution is 2.27. The summed E-state index contributed by atoms with van der Waals surface area (Å²) in [5, 5.41) is 12.0. The zero-order chi connectivity index (χ0) is 16.1. The van der Waals surface area contributed by atoms with Crippen molar-refractivity contribution < 1.29 is 14.1 Å². The van der Waals surface area contributed by atoms with Gasteiger partial charge in [-0.05, 0) is 55.9 Å². The second-order valence-corrected chi connectivity index (χ2v) is 7.26. The highest BCUT2D eigenvalue weighted by molar-refractivity contribution is 7.84. The van der Waals surface area contributed by atoms with E-state index in [2.05, 4.69) is 5.32 Å². The number of aliphatic hydroxyl groups is 1. The molecule has 0 aromatic heterocycles. The second kappa shape index (κ2) is 7.74. The number of nitrogens with one attached hydrogen (secondary N) is 1. The second-order valence-electron chi connectivity index (χ2n) is 5.88. The molecule has 1 unspecified atom stereocenters. The Morgan fingerprint density at radius 1 is 1.27 bits per heavy atom. The summed E-state index contributed by atoms with van der Waals surface area (Å²) < 4.78 is 11.3. The van der Waals surface area contributed by atoms with Crippen LogP contribution in [0.5, 0.6) is 0 Å². The number of carbonyl (C=O) groups excluding carboxylic acids is 1. The number of nitrogens with zero attached hydrogens (tertiary/aromatic N) is 1. The van der Waals surface area contributed by atoms with Crippen LogP contribution in [0.1, 0.15) is 25.7 Å². The zero-order valence-electron chi connectivity index (χ0n) is 13.1. The molecule has 1 aromatic rings. The largest absolute Gasteiger partial charge is 0.396 e. The lowest BCUT2D eigenvalue weighted by Gasteiger charge is -2.34. The summed E-state index contributed by atoms with van der Waals surface area (Å²) >= 11 is 0. The van der Waals surface area contributed by atoms with Crippen molar-refractivity contribution in [3.05, 3.63) is 24.3 Å². The summed E-state index contributed by atoms with van der Waals surface area (Å²) in [6, 6.07) is 7.16. The van der Waals surface area contributed by atoms with E-state index >= 15 is 0 Å². The van der Waals surface area contributed by atoms with Gasteiger partial charge in [0.1, 0.15) is 0 Å². The van der Waals surface area contributed by atoms with Crippen LogP contribution in [0, 0.1) is 5.92 Å². The van der Waals surface area contributed by atoms with Crippen molar-refractivity contribution in [2.24, 2.45) is 5.92 Å². The van der Waals surface area contributed by atoms with Crippen molar-refractivity contribution >= 4 is 22.5 Å². The Kier molecular flexibility index (Phi) is 5.97. The van der Waals surface area contributed by atoms with Crippen molar-refractivity contribution in [2.75, 3.05) is 25.2 Å². The van der Waals surface area contributed by atoms with E-state index in [1.807, 2.05) is 7.05 Å². The lowest BCUT2D eigenvalue weighted by molar-refractivity contribution is 0.139. The van der Waals surface area contributed by atoms with Crippen molar-refractivity contribution in [2.45, 2.75) is 36.6 Å². The van der Waals surface area contributed by atoms with Gasteiger partial charge in [-0.2, -0.15) is 0 Å². The van der Waals surface area contributed by atoms with Crippen molar-refractivity contribution in [3.63, 3.8) is 0 Å². The average molecular weight is 324 g/mol. The van der Waals surface area contributed by atoms with E-state index < -0.39 is 10.8 Å². The first kappa shape index (κ1) is 17.0. The number of benzene rings is 1. The fourth-order valence-electron chi connectivity index (χ4n) is 2.82. The van der Waals surface area contributed by atoms with Gasteiger partial charge in [0.25, 0.3) is 0 Å². The number of anilines is 1. The molecular weight excluding hydrogens is 300 g/mol. The topological polar surface area (TPSA) is 69.6 Å². The lowest BCUT2D eigenvalue weighted by atomic mass is 9.86. The number of amides is 2. The van der Waals surface area contributed by atoms with Crippen molar-refractivity contribution in [1.29, 1.82) is 0 Å². The highest BCUT2D eigenvalue weighted by atomic mass is 32.2. The quantitative estimate of drug-likeness (QED) is 0.894. The fraction of sp³-hybridized carbons (Fsp3) is 0.562. The van der Waals surface area contributed by atoms with E-state index in [1.54, 1.807) is 35.4 Å². The minimum absolute atomic E-state index is 0.127. The van der Waals surface area contributed by atoms with Gasteiger partial charge in [-0.1, -0.05) is 0 Å². The highest BCUT2D eigenvalue weighted by Gasteiger charge is 2.26. The van der Waals surface area contributed by atoms with E-state index in [-0.39, 0.29) is 18.7 Å². The summed E-state index contributed by atoms with van der Waals surface area (Å²) in [7, 11) is 0.804. The molecule has 0 heterocycles. The molecule has 22 heavy (non-hydrogen) atoms. The third-order valence-electron chi connectivity index (χ3n) is 4.38. The third kappa shape index (κ3) is 4.30. The first-order valence-electron chi connectivity index (χ1n) is 7.59. The monoisotopic (exact) mass is 324 g/mol. The summed E-state index contributed by atoms with van der Waals surface area (Å²) in [5.41, 5.74) is 0.704. The van der Waals surface area contributed by atoms with Crippen LogP contribution in [-0.2, 0) is 10.8 Å². The first-order valence-corrected chi connectivity index (χ1v) is 9.15. The molecule has 1 atom stereocenters.